The van der Waals surface area contributed by atoms with Gasteiger partial charge in [-0.25, -0.2) is 9.37 Å². The number of anilines is 1. The highest BCUT2D eigenvalue weighted by molar-refractivity contribution is 5.99. The number of rotatable bonds is 5. The number of hydrogen-bond acceptors (Lipinski definition) is 4. The van der Waals surface area contributed by atoms with E-state index in [1.807, 2.05) is 0 Å². The molecule has 132 valence electrons. The van der Waals surface area contributed by atoms with Crippen molar-refractivity contribution in [2.24, 2.45) is 0 Å². The molecule has 2 heterocycles. The maximum Gasteiger partial charge on any atom is 0.255 e. The van der Waals surface area contributed by atoms with Gasteiger partial charge in [-0.3, -0.25) is 4.79 Å². The topological polar surface area (TPSA) is 65.5 Å². The van der Waals surface area contributed by atoms with Gasteiger partial charge in [0.05, 0.1) is 17.7 Å². The summed E-state index contributed by atoms with van der Waals surface area (Å²) < 4.78 is 13.0. The molecule has 0 radical (unpaired) electrons. The molecule has 1 aliphatic heterocycles. The molecule has 0 unspecified atom stereocenters. The number of amides is 1. The van der Waals surface area contributed by atoms with Gasteiger partial charge in [-0.2, -0.15) is 0 Å². The van der Waals surface area contributed by atoms with Crippen LogP contribution in [0.5, 0.6) is 0 Å². The summed E-state index contributed by atoms with van der Waals surface area (Å²) in [6.07, 6.45) is 2.95. The summed E-state index contributed by atoms with van der Waals surface area (Å²) in [5.41, 5.74) is 1.06. The fraction of sp³-hybridized carbons (Fsp3) is 0.368. The van der Waals surface area contributed by atoms with E-state index in [0.717, 1.165) is 25.9 Å². The largest absolute Gasteiger partial charge is 0.386 e. The first-order valence-electron chi connectivity index (χ1n) is 8.50. The van der Waals surface area contributed by atoms with Crippen LogP contribution in [0.1, 0.15) is 41.8 Å². The van der Waals surface area contributed by atoms with E-state index in [9.17, 15) is 14.3 Å². The van der Waals surface area contributed by atoms with Crippen LogP contribution in [0, 0.1) is 5.82 Å². The number of nitrogens with zero attached hydrogens (tertiary/aromatic N) is 2. The SMILES string of the molecule is C[C@@H](NC(=O)c1cccnc1N1CCCC1)[C@@H](O)c1ccc(F)cc1. The Kier molecular flexibility index (Phi) is 5.28. The van der Waals surface area contributed by atoms with Crippen molar-refractivity contribution in [2.45, 2.75) is 31.9 Å². The van der Waals surface area contributed by atoms with Crippen LogP contribution in [0.25, 0.3) is 0 Å². The number of pyridine rings is 1. The van der Waals surface area contributed by atoms with Crippen LogP contribution in [0.15, 0.2) is 42.6 Å². The zero-order valence-corrected chi connectivity index (χ0v) is 14.2. The predicted molar refractivity (Wildman–Crippen MR) is 94.0 cm³/mol. The number of aliphatic hydroxyl groups is 1. The number of carbonyl (C=O) groups is 1. The molecule has 6 heteroatoms. The lowest BCUT2D eigenvalue weighted by Crippen LogP contribution is -2.38. The van der Waals surface area contributed by atoms with E-state index >= 15 is 0 Å². The third-order valence-electron chi connectivity index (χ3n) is 4.48. The van der Waals surface area contributed by atoms with Crippen molar-refractivity contribution >= 4 is 11.7 Å². The van der Waals surface area contributed by atoms with Crippen LogP contribution >= 0.6 is 0 Å². The van der Waals surface area contributed by atoms with Gasteiger partial charge < -0.3 is 15.3 Å². The van der Waals surface area contributed by atoms with Crippen molar-refractivity contribution in [3.8, 4) is 0 Å². The standard InChI is InChI=1S/C19H22FN3O2/c1-13(17(24)14-6-8-15(20)9-7-14)22-19(25)16-5-4-10-21-18(16)23-11-2-3-12-23/h4-10,13,17,24H,2-3,11-12H2,1H3,(H,22,25)/t13-,17-/m1/s1. The maximum absolute atomic E-state index is 13.0. The van der Waals surface area contributed by atoms with Crippen LogP contribution in [-0.4, -0.2) is 35.1 Å². The molecule has 25 heavy (non-hydrogen) atoms. The number of carbonyl (C=O) groups excluding carboxylic acids is 1. The second kappa shape index (κ2) is 7.61. The molecule has 0 saturated carbocycles. The van der Waals surface area contributed by atoms with Crippen LogP contribution in [0.4, 0.5) is 10.2 Å². The number of halogens is 1. The number of nitrogens with one attached hydrogen (secondary N) is 1. The van der Waals surface area contributed by atoms with Gasteiger partial charge in [-0.05, 0) is 49.6 Å². The molecule has 2 aromatic rings. The van der Waals surface area contributed by atoms with E-state index in [4.69, 9.17) is 0 Å². The number of aliphatic hydroxyl groups excluding tert-OH is 1. The molecule has 0 bridgehead atoms. The van der Waals surface area contributed by atoms with Crippen molar-refractivity contribution in [3.63, 3.8) is 0 Å². The minimum absolute atomic E-state index is 0.274. The molecule has 3 rings (SSSR count). The normalized spacial score (nSPS) is 16.5. The highest BCUT2D eigenvalue weighted by Crippen LogP contribution is 2.23. The summed E-state index contributed by atoms with van der Waals surface area (Å²) in [6.45, 7) is 3.51. The molecule has 1 aromatic carbocycles. The Morgan fingerprint density at radius 2 is 1.92 bits per heavy atom. The van der Waals surface area contributed by atoms with Crippen molar-refractivity contribution in [1.29, 1.82) is 0 Å². The zero-order chi connectivity index (χ0) is 17.8. The lowest BCUT2D eigenvalue weighted by Gasteiger charge is -2.23. The fourth-order valence-electron chi connectivity index (χ4n) is 3.07. The first kappa shape index (κ1) is 17.4. The van der Waals surface area contributed by atoms with Gasteiger partial charge >= 0.3 is 0 Å². The third kappa shape index (κ3) is 3.96. The van der Waals surface area contributed by atoms with Gasteiger partial charge in [0.15, 0.2) is 0 Å². The molecule has 5 nitrogen and oxygen atoms in total. The smallest absolute Gasteiger partial charge is 0.255 e. The van der Waals surface area contributed by atoms with Gasteiger partial charge in [0.1, 0.15) is 11.6 Å². The highest BCUT2D eigenvalue weighted by atomic mass is 19.1. The van der Waals surface area contributed by atoms with Gasteiger partial charge in [0.25, 0.3) is 5.91 Å². The third-order valence-corrected chi connectivity index (χ3v) is 4.48. The number of aromatic nitrogens is 1. The summed E-state index contributed by atoms with van der Waals surface area (Å²) in [6, 6.07) is 8.57. The van der Waals surface area contributed by atoms with Crippen molar-refractivity contribution in [1.82, 2.24) is 10.3 Å². The Labute approximate surface area is 146 Å². The zero-order valence-electron chi connectivity index (χ0n) is 14.2. The van der Waals surface area contributed by atoms with E-state index in [2.05, 4.69) is 15.2 Å². The molecule has 0 aliphatic carbocycles. The molecule has 0 spiro atoms. The summed E-state index contributed by atoms with van der Waals surface area (Å²) in [4.78, 5) is 19.1. The average molecular weight is 343 g/mol. The van der Waals surface area contributed by atoms with E-state index in [0.29, 0.717) is 16.9 Å². The highest BCUT2D eigenvalue weighted by Gasteiger charge is 2.24. The number of hydrogen-bond donors (Lipinski definition) is 2. The minimum Gasteiger partial charge on any atom is -0.386 e. The van der Waals surface area contributed by atoms with Crippen LogP contribution < -0.4 is 10.2 Å². The fourth-order valence-corrected chi connectivity index (χ4v) is 3.07. The monoisotopic (exact) mass is 343 g/mol. The van der Waals surface area contributed by atoms with Gasteiger partial charge in [0, 0.05) is 19.3 Å². The van der Waals surface area contributed by atoms with Gasteiger partial charge in [0.2, 0.25) is 0 Å². The summed E-state index contributed by atoms with van der Waals surface area (Å²) in [5.74, 6) is 0.0443. The lowest BCUT2D eigenvalue weighted by molar-refractivity contribution is 0.0852. The quantitative estimate of drug-likeness (QED) is 0.876. The van der Waals surface area contributed by atoms with Crippen LogP contribution in [-0.2, 0) is 0 Å². The Hall–Kier alpha value is -2.47. The average Bonchev–Trinajstić information content (AvgIpc) is 3.16. The number of benzene rings is 1. The molecule has 2 N–H and O–H groups in total. The van der Waals surface area contributed by atoms with Crippen molar-refractivity contribution in [2.75, 3.05) is 18.0 Å². The molecule has 2 atom stereocenters. The summed E-state index contributed by atoms with van der Waals surface area (Å²) in [5, 5.41) is 13.2. The van der Waals surface area contributed by atoms with Crippen LogP contribution in [0.3, 0.4) is 0 Å². The van der Waals surface area contributed by atoms with Crippen molar-refractivity contribution in [3.05, 3.63) is 59.5 Å². The van der Waals surface area contributed by atoms with E-state index in [-0.39, 0.29) is 11.7 Å². The molecular formula is C19H22FN3O2. The Balaban J connectivity index is 1.72. The molecule has 1 aliphatic rings. The lowest BCUT2D eigenvalue weighted by atomic mass is 10.0. The predicted octanol–water partition coefficient (Wildman–Crippen LogP) is 2.67. The van der Waals surface area contributed by atoms with Gasteiger partial charge in [-0.1, -0.05) is 12.1 Å². The maximum atomic E-state index is 13.0. The molecule has 1 amide bonds. The first-order chi connectivity index (χ1) is 12.1. The molecule has 1 fully saturated rings. The Morgan fingerprint density at radius 3 is 2.60 bits per heavy atom. The first-order valence-corrected chi connectivity index (χ1v) is 8.50. The molecule has 1 saturated heterocycles. The summed E-state index contributed by atoms with van der Waals surface area (Å²) in [7, 11) is 0. The van der Waals surface area contributed by atoms with E-state index in [1.165, 1.54) is 24.3 Å². The van der Waals surface area contributed by atoms with E-state index < -0.39 is 12.1 Å². The second-order valence-electron chi connectivity index (χ2n) is 6.33. The van der Waals surface area contributed by atoms with Gasteiger partial charge in [-0.15, -0.1) is 0 Å². The summed E-state index contributed by atoms with van der Waals surface area (Å²) >= 11 is 0. The molecular weight excluding hydrogens is 321 g/mol. The Bertz CT molecular complexity index is 730. The van der Waals surface area contributed by atoms with E-state index in [1.54, 1.807) is 25.3 Å². The molecule has 1 aromatic heterocycles. The Morgan fingerprint density at radius 1 is 1.24 bits per heavy atom. The van der Waals surface area contributed by atoms with Crippen molar-refractivity contribution < 1.29 is 14.3 Å². The van der Waals surface area contributed by atoms with Crippen LogP contribution in [0.2, 0.25) is 0 Å². The second-order valence-corrected chi connectivity index (χ2v) is 6.33. The minimum atomic E-state index is -0.920.